The number of nitrogens with zero attached hydrogens (tertiary/aromatic N) is 1. The minimum atomic E-state index is -0.274. The lowest BCUT2D eigenvalue weighted by Crippen LogP contribution is -2.30. The number of amides is 2. The molecule has 0 radical (unpaired) electrons. The largest absolute Gasteiger partial charge is 0.491 e. The van der Waals surface area contributed by atoms with Crippen LogP contribution in [0.15, 0.2) is 54.2 Å². The van der Waals surface area contributed by atoms with Gasteiger partial charge in [0.15, 0.2) is 12.7 Å². The maximum Gasteiger partial charge on any atom is 0.323 e. The number of benzene rings is 2. The molecule has 0 unspecified atom stereocenters. The number of hydrogen-bond acceptors (Lipinski definition) is 3. The van der Waals surface area contributed by atoms with Gasteiger partial charge >= 0.3 is 6.03 Å². The summed E-state index contributed by atoms with van der Waals surface area (Å²) in [5, 5.41) is 5.98. The van der Waals surface area contributed by atoms with Crippen LogP contribution in [-0.2, 0) is 12.0 Å². The fourth-order valence-corrected chi connectivity index (χ4v) is 5.69. The van der Waals surface area contributed by atoms with E-state index in [2.05, 4.69) is 85.8 Å². The van der Waals surface area contributed by atoms with Gasteiger partial charge < -0.3 is 15.4 Å². The SMILES string of the molecule is CCCCCCCCCCCCCCOc1cc(C(C)(C)C)ccc1NC(=O)Nc1ccc(C[n+]2csc(C)c2)cc1. The van der Waals surface area contributed by atoms with E-state index in [-0.39, 0.29) is 11.4 Å². The summed E-state index contributed by atoms with van der Waals surface area (Å²) in [6.07, 6.45) is 18.0. The van der Waals surface area contributed by atoms with Crippen molar-refractivity contribution >= 4 is 28.7 Å². The van der Waals surface area contributed by atoms with E-state index in [0.29, 0.717) is 12.3 Å². The van der Waals surface area contributed by atoms with Gasteiger partial charge in [-0.1, -0.05) is 128 Å². The third-order valence-electron chi connectivity index (χ3n) is 7.65. The quantitative estimate of drug-likeness (QED) is 0.114. The van der Waals surface area contributed by atoms with Gasteiger partial charge in [-0.25, -0.2) is 4.79 Å². The number of anilines is 2. The molecular formula is C36H54N3O2S+. The van der Waals surface area contributed by atoms with Gasteiger partial charge in [-0.15, -0.1) is 0 Å². The average molecular weight is 593 g/mol. The summed E-state index contributed by atoms with van der Waals surface area (Å²) in [6.45, 7) is 12.4. The Hall–Kier alpha value is -2.86. The highest BCUT2D eigenvalue weighted by Crippen LogP contribution is 2.32. The second-order valence-corrected chi connectivity index (χ2v) is 13.7. The molecule has 0 spiro atoms. The number of urea groups is 1. The van der Waals surface area contributed by atoms with Gasteiger partial charge in [-0.05, 0) is 48.6 Å². The highest BCUT2D eigenvalue weighted by Gasteiger charge is 2.17. The van der Waals surface area contributed by atoms with Crippen LogP contribution in [0.1, 0.15) is 121 Å². The van der Waals surface area contributed by atoms with Gasteiger partial charge in [0.1, 0.15) is 5.75 Å². The molecule has 6 heteroatoms. The molecule has 0 aliphatic carbocycles. The number of rotatable bonds is 18. The van der Waals surface area contributed by atoms with Gasteiger partial charge in [0.2, 0.25) is 5.51 Å². The second kappa shape index (κ2) is 17.9. The number of aryl methyl sites for hydroxylation is 1. The Morgan fingerprint density at radius 2 is 1.45 bits per heavy atom. The van der Waals surface area contributed by atoms with Crippen molar-refractivity contribution < 1.29 is 14.1 Å². The monoisotopic (exact) mass is 592 g/mol. The number of thiazole rings is 1. The van der Waals surface area contributed by atoms with Crippen LogP contribution in [0, 0.1) is 6.92 Å². The number of carbonyl (C=O) groups is 1. The Morgan fingerprint density at radius 1 is 0.833 bits per heavy atom. The summed E-state index contributed by atoms with van der Waals surface area (Å²) in [7, 11) is 0. The highest BCUT2D eigenvalue weighted by molar-refractivity contribution is 7.09. The fraction of sp³-hybridized carbons (Fsp3) is 0.556. The number of hydrogen-bond donors (Lipinski definition) is 2. The Kier molecular flexibility index (Phi) is 14.4. The maximum absolute atomic E-state index is 12.9. The van der Waals surface area contributed by atoms with Crippen LogP contribution in [0.5, 0.6) is 5.75 Å². The predicted molar refractivity (Wildman–Crippen MR) is 179 cm³/mol. The fourth-order valence-electron chi connectivity index (χ4n) is 5.05. The van der Waals surface area contributed by atoms with Crippen molar-refractivity contribution in [3.63, 3.8) is 0 Å². The van der Waals surface area contributed by atoms with Gasteiger partial charge in [0, 0.05) is 11.3 Å². The van der Waals surface area contributed by atoms with Gasteiger partial charge in [-0.2, -0.15) is 4.57 Å². The number of aromatic nitrogens is 1. The standard InChI is InChI=1S/C36H53N3O2S/c1-6-7-8-9-10-11-12-13-14-15-16-17-24-41-34-25-31(36(3,4)5)20-23-33(34)38-35(40)37-32-21-18-30(19-22-32)27-39-26-29(2)42-28-39/h18-23,25-26,28H,6-17,24,27H2,1-5H3,(H-,37,38,40)/p+1. The molecular weight excluding hydrogens is 538 g/mol. The lowest BCUT2D eigenvalue weighted by molar-refractivity contribution is -0.683. The van der Waals surface area contributed by atoms with Crippen molar-refractivity contribution in [1.82, 2.24) is 0 Å². The Morgan fingerprint density at radius 3 is 2.02 bits per heavy atom. The zero-order chi connectivity index (χ0) is 30.2. The average Bonchev–Trinajstić information content (AvgIpc) is 3.36. The molecule has 2 aromatic carbocycles. The van der Waals surface area contributed by atoms with Crippen molar-refractivity contribution in [2.75, 3.05) is 17.2 Å². The van der Waals surface area contributed by atoms with Crippen LogP contribution in [-0.4, -0.2) is 12.6 Å². The molecule has 1 aromatic heterocycles. The second-order valence-electron chi connectivity index (χ2n) is 12.6. The zero-order valence-electron chi connectivity index (χ0n) is 26.8. The molecule has 5 nitrogen and oxygen atoms in total. The molecule has 230 valence electrons. The van der Waals surface area contributed by atoms with E-state index in [1.54, 1.807) is 11.3 Å². The van der Waals surface area contributed by atoms with Gasteiger partial charge in [-0.3, -0.25) is 0 Å². The molecule has 3 rings (SSSR count). The number of carbonyl (C=O) groups excluding carboxylic acids is 1. The molecule has 0 bridgehead atoms. The number of nitrogens with one attached hydrogen (secondary N) is 2. The van der Waals surface area contributed by atoms with Crippen LogP contribution in [0.2, 0.25) is 0 Å². The summed E-state index contributed by atoms with van der Waals surface area (Å²) in [4.78, 5) is 14.2. The van der Waals surface area contributed by atoms with Crippen molar-refractivity contribution in [3.8, 4) is 5.75 Å². The normalized spacial score (nSPS) is 11.5. The molecule has 0 aliphatic heterocycles. The lowest BCUT2D eigenvalue weighted by Gasteiger charge is -2.22. The summed E-state index contributed by atoms with van der Waals surface area (Å²) >= 11 is 1.74. The van der Waals surface area contributed by atoms with Crippen LogP contribution in [0.25, 0.3) is 0 Å². The molecule has 2 amide bonds. The Balaban J connectivity index is 1.44. The molecule has 3 aromatic rings. The molecule has 0 fully saturated rings. The van der Waals surface area contributed by atoms with E-state index >= 15 is 0 Å². The van der Waals surface area contributed by atoms with E-state index in [1.165, 1.54) is 86.6 Å². The van der Waals surface area contributed by atoms with E-state index in [1.807, 2.05) is 18.2 Å². The number of ether oxygens (including phenoxy) is 1. The van der Waals surface area contributed by atoms with E-state index < -0.39 is 0 Å². The highest BCUT2D eigenvalue weighted by atomic mass is 32.1. The third-order valence-corrected chi connectivity index (χ3v) is 8.50. The van der Waals surface area contributed by atoms with Crippen molar-refractivity contribution in [3.05, 3.63) is 70.2 Å². The molecule has 0 atom stereocenters. The minimum Gasteiger partial charge on any atom is -0.491 e. The molecule has 0 saturated carbocycles. The topological polar surface area (TPSA) is 54.2 Å². The Bertz CT molecular complexity index is 1200. The van der Waals surface area contributed by atoms with Crippen LogP contribution in [0.4, 0.5) is 16.2 Å². The molecule has 1 heterocycles. The first-order valence-corrected chi connectivity index (χ1v) is 17.0. The van der Waals surface area contributed by atoms with Crippen molar-refractivity contribution in [2.45, 2.75) is 124 Å². The third kappa shape index (κ3) is 12.6. The van der Waals surface area contributed by atoms with E-state index in [0.717, 1.165) is 24.4 Å². The lowest BCUT2D eigenvalue weighted by atomic mass is 9.87. The molecule has 0 saturated heterocycles. The van der Waals surface area contributed by atoms with Crippen LogP contribution >= 0.6 is 11.3 Å². The zero-order valence-corrected chi connectivity index (χ0v) is 27.6. The first-order chi connectivity index (χ1) is 20.2. The predicted octanol–water partition coefficient (Wildman–Crippen LogP) is 10.4. The summed E-state index contributed by atoms with van der Waals surface area (Å²) < 4.78 is 8.42. The first-order valence-electron chi connectivity index (χ1n) is 16.1. The van der Waals surface area contributed by atoms with Gasteiger partial charge in [0.05, 0.1) is 17.2 Å². The first kappa shape index (κ1) is 33.6. The minimum absolute atomic E-state index is 0.00332. The van der Waals surface area contributed by atoms with E-state index in [9.17, 15) is 4.79 Å². The van der Waals surface area contributed by atoms with E-state index in [4.69, 9.17) is 4.74 Å². The Labute approximate surface area is 259 Å². The smallest absolute Gasteiger partial charge is 0.323 e. The van der Waals surface area contributed by atoms with Gasteiger partial charge in [0.25, 0.3) is 0 Å². The maximum atomic E-state index is 12.9. The summed E-state index contributed by atoms with van der Waals surface area (Å²) in [6, 6.07) is 13.8. The summed E-state index contributed by atoms with van der Waals surface area (Å²) in [5.41, 5.74) is 5.95. The molecule has 2 N–H and O–H groups in total. The van der Waals surface area contributed by atoms with Crippen molar-refractivity contribution in [2.24, 2.45) is 0 Å². The molecule has 0 aliphatic rings. The van der Waals surface area contributed by atoms with Crippen molar-refractivity contribution in [1.29, 1.82) is 0 Å². The van der Waals surface area contributed by atoms with Crippen LogP contribution < -0.4 is 19.9 Å². The van der Waals surface area contributed by atoms with Crippen LogP contribution in [0.3, 0.4) is 0 Å². The summed E-state index contributed by atoms with van der Waals surface area (Å²) in [5.74, 6) is 0.735. The number of unbranched alkanes of at least 4 members (excludes halogenated alkanes) is 11. The molecule has 42 heavy (non-hydrogen) atoms.